The van der Waals surface area contributed by atoms with Gasteiger partial charge in [0.05, 0.1) is 5.00 Å². The van der Waals surface area contributed by atoms with Gasteiger partial charge in [-0.25, -0.2) is 4.98 Å². The van der Waals surface area contributed by atoms with Gasteiger partial charge in [0.15, 0.2) is 0 Å². The van der Waals surface area contributed by atoms with E-state index in [1.54, 1.807) is 17.5 Å². The van der Waals surface area contributed by atoms with Crippen LogP contribution in [0.15, 0.2) is 55.3 Å². The molecule has 0 saturated carbocycles. The summed E-state index contributed by atoms with van der Waals surface area (Å²) in [6, 6.07) is 6.02. The van der Waals surface area contributed by atoms with Crippen molar-refractivity contribution in [2.45, 2.75) is 0 Å². The highest BCUT2D eigenvalue weighted by Gasteiger charge is 2.05. The molecule has 0 aliphatic carbocycles. The fraction of sp³-hybridized carbons (Fsp3) is 0. The molecule has 0 radical (unpaired) electrons. The van der Waals surface area contributed by atoms with Gasteiger partial charge in [-0.2, -0.15) is 0 Å². The number of fused-ring (bicyclic) bond motifs is 1. The Kier molecular flexibility index (Phi) is 2.93. The number of nitrogens with one attached hydrogen (secondary N) is 1. The molecule has 0 amide bonds. The number of hydrogen-bond donors (Lipinski definition) is 1. The first-order chi connectivity index (χ1) is 9.28. The summed E-state index contributed by atoms with van der Waals surface area (Å²) in [5.41, 5.74) is 3.92. The first-order valence-corrected chi connectivity index (χ1v) is 6.75. The van der Waals surface area contributed by atoms with Gasteiger partial charge in [0.25, 0.3) is 0 Å². The van der Waals surface area contributed by atoms with Gasteiger partial charge >= 0.3 is 0 Å². The minimum absolute atomic E-state index is 0.862. The third-order valence-electron chi connectivity index (χ3n) is 2.92. The quantitative estimate of drug-likeness (QED) is 0.770. The normalized spacial score (nSPS) is 10.5. The molecule has 4 heteroatoms. The SMILES string of the molecule is C=Cc1ccsc1NC(=C)c1ccc2nccn2c1. The summed E-state index contributed by atoms with van der Waals surface area (Å²) in [5.74, 6) is 0. The number of anilines is 1. The van der Waals surface area contributed by atoms with Crippen LogP contribution in [0.1, 0.15) is 11.1 Å². The number of nitrogens with zero attached hydrogens (tertiary/aromatic N) is 2. The van der Waals surface area contributed by atoms with E-state index in [4.69, 9.17) is 0 Å². The van der Waals surface area contributed by atoms with E-state index in [0.717, 1.165) is 27.5 Å². The van der Waals surface area contributed by atoms with Crippen LogP contribution in [-0.4, -0.2) is 9.38 Å². The van der Waals surface area contributed by atoms with E-state index in [9.17, 15) is 0 Å². The molecule has 0 unspecified atom stereocenters. The zero-order valence-electron chi connectivity index (χ0n) is 10.3. The third-order valence-corrected chi connectivity index (χ3v) is 3.76. The molecule has 0 aromatic carbocycles. The van der Waals surface area contributed by atoms with E-state index >= 15 is 0 Å². The van der Waals surface area contributed by atoms with Crippen LogP contribution in [-0.2, 0) is 0 Å². The number of pyridine rings is 1. The molecule has 0 spiro atoms. The van der Waals surface area contributed by atoms with Crippen LogP contribution in [0, 0.1) is 0 Å². The molecule has 3 heterocycles. The van der Waals surface area contributed by atoms with Crippen LogP contribution in [0.3, 0.4) is 0 Å². The number of imidazole rings is 1. The standard InChI is InChI=1S/C15H13N3S/c1-3-12-6-9-19-15(12)17-11(2)13-4-5-14-16-7-8-18(14)10-13/h3-10,17H,1-2H2. The molecule has 0 saturated heterocycles. The van der Waals surface area contributed by atoms with E-state index in [1.807, 2.05) is 46.4 Å². The smallest absolute Gasteiger partial charge is 0.136 e. The highest BCUT2D eigenvalue weighted by molar-refractivity contribution is 7.14. The monoisotopic (exact) mass is 267 g/mol. The van der Waals surface area contributed by atoms with Gasteiger partial charge < -0.3 is 9.72 Å². The molecule has 1 N–H and O–H groups in total. The van der Waals surface area contributed by atoms with E-state index in [0.29, 0.717) is 0 Å². The second-order valence-electron chi connectivity index (χ2n) is 4.12. The first kappa shape index (κ1) is 11.7. The minimum Gasteiger partial charge on any atom is -0.347 e. The zero-order valence-corrected chi connectivity index (χ0v) is 11.2. The Balaban J connectivity index is 1.89. The van der Waals surface area contributed by atoms with E-state index < -0.39 is 0 Å². The van der Waals surface area contributed by atoms with Gasteiger partial charge in [-0.1, -0.05) is 19.2 Å². The molecule has 0 aliphatic heterocycles. The predicted octanol–water partition coefficient (Wildman–Crippen LogP) is 4.12. The van der Waals surface area contributed by atoms with Gasteiger partial charge in [0.2, 0.25) is 0 Å². The van der Waals surface area contributed by atoms with Crippen molar-refractivity contribution in [3.63, 3.8) is 0 Å². The molecule has 0 atom stereocenters. The van der Waals surface area contributed by atoms with Crippen molar-refractivity contribution < 1.29 is 0 Å². The lowest BCUT2D eigenvalue weighted by molar-refractivity contribution is 1.17. The Morgan fingerprint density at radius 3 is 3.11 bits per heavy atom. The Bertz CT molecular complexity index is 751. The van der Waals surface area contributed by atoms with Crippen molar-refractivity contribution in [1.29, 1.82) is 0 Å². The maximum atomic E-state index is 4.22. The third kappa shape index (κ3) is 2.18. The second kappa shape index (κ2) is 4.74. The summed E-state index contributed by atoms with van der Waals surface area (Å²) in [4.78, 5) is 4.22. The van der Waals surface area contributed by atoms with Crippen LogP contribution in [0.25, 0.3) is 17.4 Å². The fourth-order valence-corrected chi connectivity index (χ4v) is 2.71. The molecule has 3 aromatic rings. The molecule has 3 nitrogen and oxygen atoms in total. The summed E-state index contributed by atoms with van der Waals surface area (Å²) >= 11 is 1.64. The minimum atomic E-state index is 0.862. The van der Waals surface area contributed by atoms with Crippen LogP contribution >= 0.6 is 11.3 Å². The molecule has 94 valence electrons. The van der Waals surface area contributed by atoms with Crippen molar-refractivity contribution >= 4 is 33.8 Å². The fourth-order valence-electron chi connectivity index (χ4n) is 1.89. The Morgan fingerprint density at radius 2 is 2.26 bits per heavy atom. The lowest BCUT2D eigenvalue weighted by atomic mass is 10.2. The summed E-state index contributed by atoms with van der Waals surface area (Å²) < 4.78 is 1.98. The van der Waals surface area contributed by atoms with Gasteiger partial charge in [0.1, 0.15) is 5.65 Å². The number of thiophene rings is 1. The molecule has 0 aliphatic rings. The van der Waals surface area contributed by atoms with Crippen LogP contribution in [0.5, 0.6) is 0 Å². The molecule has 0 bridgehead atoms. The van der Waals surface area contributed by atoms with Crippen molar-refractivity contribution in [3.8, 4) is 0 Å². The van der Waals surface area contributed by atoms with Crippen LogP contribution in [0.2, 0.25) is 0 Å². The molecule has 3 rings (SSSR count). The van der Waals surface area contributed by atoms with Crippen molar-refractivity contribution in [1.82, 2.24) is 9.38 Å². The van der Waals surface area contributed by atoms with Crippen LogP contribution in [0.4, 0.5) is 5.00 Å². The van der Waals surface area contributed by atoms with Crippen molar-refractivity contribution in [2.24, 2.45) is 0 Å². The lowest BCUT2D eigenvalue weighted by Crippen LogP contribution is -1.98. The van der Waals surface area contributed by atoms with E-state index in [2.05, 4.69) is 23.5 Å². The highest BCUT2D eigenvalue weighted by atomic mass is 32.1. The van der Waals surface area contributed by atoms with Crippen molar-refractivity contribution in [3.05, 3.63) is 66.5 Å². The Hall–Kier alpha value is -2.33. The average Bonchev–Trinajstić information content (AvgIpc) is 3.05. The van der Waals surface area contributed by atoms with Crippen LogP contribution < -0.4 is 5.32 Å². The maximum Gasteiger partial charge on any atom is 0.136 e. The summed E-state index contributed by atoms with van der Waals surface area (Å²) in [6.45, 7) is 7.90. The number of hydrogen-bond acceptors (Lipinski definition) is 3. The Labute approximate surface area is 115 Å². The zero-order chi connectivity index (χ0) is 13.2. The topological polar surface area (TPSA) is 29.3 Å². The average molecular weight is 267 g/mol. The molecule has 0 fully saturated rings. The summed E-state index contributed by atoms with van der Waals surface area (Å²) in [5, 5.41) is 6.43. The molecular formula is C15H13N3S. The van der Waals surface area contributed by atoms with Gasteiger partial charge in [-0.3, -0.25) is 0 Å². The van der Waals surface area contributed by atoms with Gasteiger partial charge in [-0.15, -0.1) is 11.3 Å². The number of aromatic nitrogens is 2. The Morgan fingerprint density at radius 1 is 1.37 bits per heavy atom. The highest BCUT2D eigenvalue weighted by Crippen LogP contribution is 2.27. The largest absolute Gasteiger partial charge is 0.347 e. The second-order valence-corrected chi connectivity index (χ2v) is 5.04. The van der Waals surface area contributed by atoms with E-state index in [-0.39, 0.29) is 0 Å². The number of rotatable bonds is 4. The predicted molar refractivity (Wildman–Crippen MR) is 82.3 cm³/mol. The van der Waals surface area contributed by atoms with Gasteiger partial charge in [-0.05, 0) is 23.6 Å². The first-order valence-electron chi connectivity index (χ1n) is 5.87. The summed E-state index contributed by atoms with van der Waals surface area (Å²) in [7, 11) is 0. The van der Waals surface area contributed by atoms with Gasteiger partial charge in [0, 0.05) is 35.4 Å². The van der Waals surface area contributed by atoms with Crippen molar-refractivity contribution in [2.75, 3.05) is 5.32 Å². The maximum absolute atomic E-state index is 4.22. The molecule has 3 aromatic heterocycles. The molecule has 19 heavy (non-hydrogen) atoms. The van der Waals surface area contributed by atoms with E-state index in [1.165, 1.54) is 0 Å². The lowest BCUT2D eigenvalue weighted by Gasteiger charge is -2.09. The molecular weight excluding hydrogens is 254 g/mol. The summed E-state index contributed by atoms with van der Waals surface area (Å²) in [6.07, 6.45) is 7.56.